The molecule has 88 valence electrons. The highest BCUT2D eigenvalue weighted by Gasteiger charge is 2.38. The number of methoxy groups -OCH3 is 1. The number of ether oxygens (including phenoxy) is 2. The van der Waals surface area contributed by atoms with Gasteiger partial charge in [-0.2, -0.15) is 0 Å². The fourth-order valence-corrected chi connectivity index (χ4v) is 2.78. The quantitative estimate of drug-likeness (QED) is 0.713. The van der Waals surface area contributed by atoms with Crippen molar-refractivity contribution in [3.63, 3.8) is 0 Å². The van der Waals surface area contributed by atoms with Crippen molar-refractivity contribution in [2.45, 2.75) is 51.0 Å². The monoisotopic (exact) mass is 212 g/mol. The third-order valence-corrected chi connectivity index (χ3v) is 4.31. The van der Waals surface area contributed by atoms with Crippen LogP contribution in [0.1, 0.15) is 45.4 Å². The minimum absolute atomic E-state index is 0.0864. The van der Waals surface area contributed by atoms with E-state index in [1.54, 1.807) is 0 Å². The molecule has 2 aliphatic rings. The summed E-state index contributed by atoms with van der Waals surface area (Å²) in [7, 11) is 1.82. The van der Waals surface area contributed by atoms with Crippen LogP contribution in [0.15, 0.2) is 0 Å². The Labute approximate surface area is 93.3 Å². The highest BCUT2D eigenvalue weighted by Crippen LogP contribution is 2.35. The van der Waals surface area contributed by atoms with Crippen LogP contribution in [0.4, 0.5) is 0 Å². The van der Waals surface area contributed by atoms with Crippen molar-refractivity contribution in [2.75, 3.05) is 20.3 Å². The van der Waals surface area contributed by atoms with Gasteiger partial charge in [-0.3, -0.25) is 0 Å². The summed E-state index contributed by atoms with van der Waals surface area (Å²) in [5.41, 5.74) is 0.0864. The summed E-state index contributed by atoms with van der Waals surface area (Å²) in [6.45, 7) is 4.01. The van der Waals surface area contributed by atoms with Crippen LogP contribution in [0.25, 0.3) is 0 Å². The van der Waals surface area contributed by atoms with Gasteiger partial charge in [0.05, 0.1) is 13.2 Å². The second-order valence-corrected chi connectivity index (χ2v) is 5.54. The predicted molar refractivity (Wildman–Crippen MR) is 60.9 cm³/mol. The number of hydrogen-bond acceptors (Lipinski definition) is 2. The van der Waals surface area contributed by atoms with Gasteiger partial charge in [0.1, 0.15) is 5.60 Å². The highest BCUT2D eigenvalue weighted by atomic mass is 16.6. The molecule has 15 heavy (non-hydrogen) atoms. The normalized spacial score (nSPS) is 34.8. The van der Waals surface area contributed by atoms with Gasteiger partial charge in [-0.1, -0.05) is 32.6 Å². The summed E-state index contributed by atoms with van der Waals surface area (Å²) in [5, 5.41) is 0. The van der Waals surface area contributed by atoms with Crippen LogP contribution >= 0.6 is 0 Å². The third-order valence-electron chi connectivity index (χ3n) is 4.31. The second kappa shape index (κ2) is 4.84. The highest BCUT2D eigenvalue weighted by molar-refractivity contribution is 4.88. The Hall–Kier alpha value is -0.0800. The van der Waals surface area contributed by atoms with Gasteiger partial charge < -0.3 is 9.47 Å². The van der Waals surface area contributed by atoms with Gasteiger partial charge in [0.15, 0.2) is 0 Å². The van der Waals surface area contributed by atoms with Gasteiger partial charge in [0, 0.05) is 7.11 Å². The largest absolute Gasteiger partial charge is 0.375 e. The maximum absolute atomic E-state index is 5.56. The fraction of sp³-hybridized carbons (Fsp3) is 1.00. The summed E-state index contributed by atoms with van der Waals surface area (Å²) in [6.07, 6.45) is 8.26. The fourth-order valence-electron chi connectivity index (χ4n) is 2.78. The standard InChI is InChI=1S/C13H24O2/c1-11-3-5-12(6-4-11)7-8-13(14-2)9-15-10-13/h11-12H,3-10H2,1-2H3. The van der Waals surface area contributed by atoms with Crippen molar-refractivity contribution in [1.29, 1.82) is 0 Å². The van der Waals surface area contributed by atoms with Crippen molar-refractivity contribution in [3.8, 4) is 0 Å². The molecule has 0 aromatic carbocycles. The maximum atomic E-state index is 5.56. The van der Waals surface area contributed by atoms with Crippen LogP contribution < -0.4 is 0 Å². The van der Waals surface area contributed by atoms with Crippen molar-refractivity contribution in [1.82, 2.24) is 0 Å². The van der Waals surface area contributed by atoms with E-state index < -0.39 is 0 Å². The smallest absolute Gasteiger partial charge is 0.114 e. The number of rotatable bonds is 4. The average Bonchev–Trinajstić information content (AvgIpc) is 2.20. The van der Waals surface area contributed by atoms with Gasteiger partial charge in [0.2, 0.25) is 0 Å². The minimum atomic E-state index is 0.0864. The molecule has 0 atom stereocenters. The molecule has 0 amide bonds. The molecule has 0 spiro atoms. The molecule has 0 radical (unpaired) electrons. The third kappa shape index (κ3) is 2.73. The molecule has 1 aliphatic carbocycles. The summed E-state index contributed by atoms with van der Waals surface area (Å²) in [6, 6.07) is 0. The Morgan fingerprint density at radius 3 is 2.33 bits per heavy atom. The molecule has 0 aromatic heterocycles. The van der Waals surface area contributed by atoms with E-state index in [1.807, 2.05) is 7.11 Å². The summed E-state index contributed by atoms with van der Waals surface area (Å²) < 4.78 is 10.8. The van der Waals surface area contributed by atoms with Crippen LogP contribution in [0.5, 0.6) is 0 Å². The molecule has 0 bridgehead atoms. The Balaban J connectivity index is 1.69. The molecule has 2 rings (SSSR count). The van der Waals surface area contributed by atoms with Gasteiger partial charge in [-0.25, -0.2) is 0 Å². The zero-order valence-electron chi connectivity index (χ0n) is 10.1. The Bertz CT molecular complexity index is 185. The molecule has 2 fully saturated rings. The lowest BCUT2D eigenvalue weighted by molar-refractivity contribution is -0.200. The van der Waals surface area contributed by atoms with Crippen molar-refractivity contribution < 1.29 is 9.47 Å². The van der Waals surface area contributed by atoms with Crippen LogP contribution in [0, 0.1) is 11.8 Å². The zero-order valence-corrected chi connectivity index (χ0v) is 10.1. The summed E-state index contributed by atoms with van der Waals surface area (Å²) >= 11 is 0. The molecular formula is C13H24O2. The van der Waals surface area contributed by atoms with Crippen molar-refractivity contribution in [3.05, 3.63) is 0 Å². The Morgan fingerprint density at radius 2 is 1.87 bits per heavy atom. The molecule has 0 unspecified atom stereocenters. The molecule has 2 nitrogen and oxygen atoms in total. The first kappa shape index (κ1) is 11.4. The van der Waals surface area contributed by atoms with E-state index >= 15 is 0 Å². The van der Waals surface area contributed by atoms with E-state index in [0.717, 1.165) is 25.0 Å². The lowest BCUT2D eigenvalue weighted by Crippen LogP contribution is -2.51. The van der Waals surface area contributed by atoms with Crippen LogP contribution in [0.3, 0.4) is 0 Å². The van der Waals surface area contributed by atoms with Crippen LogP contribution in [0.2, 0.25) is 0 Å². The van der Waals surface area contributed by atoms with E-state index in [1.165, 1.54) is 38.5 Å². The number of hydrogen-bond donors (Lipinski definition) is 0. The zero-order chi connectivity index (χ0) is 10.7. The first-order valence-corrected chi connectivity index (χ1v) is 6.37. The minimum Gasteiger partial charge on any atom is -0.375 e. The van der Waals surface area contributed by atoms with Gasteiger partial charge in [-0.15, -0.1) is 0 Å². The van der Waals surface area contributed by atoms with E-state index in [0.29, 0.717) is 0 Å². The topological polar surface area (TPSA) is 18.5 Å². The summed E-state index contributed by atoms with van der Waals surface area (Å²) in [5.74, 6) is 1.92. The molecule has 1 heterocycles. The molecule has 0 N–H and O–H groups in total. The molecule has 2 heteroatoms. The Kier molecular flexibility index (Phi) is 3.68. The Morgan fingerprint density at radius 1 is 1.20 bits per heavy atom. The first-order chi connectivity index (χ1) is 7.24. The van der Waals surface area contributed by atoms with Gasteiger partial charge >= 0.3 is 0 Å². The molecule has 1 saturated carbocycles. The maximum Gasteiger partial charge on any atom is 0.114 e. The molecule has 1 aliphatic heterocycles. The van der Waals surface area contributed by atoms with Crippen molar-refractivity contribution in [2.24, 2.45) is 11.8 Å². The first-order valence-electron chi connectivity index (χ1n) is 6.37. The van der Waals surface area contributed by atoms with Gasteiger partial charge in [-0.05, 0) is 24.7 Å². The van der Waals surface area contributed by atoms with E-state index in [4.69, 9.17) is 9.47 Å². The predicted octanol–water partition coefficient (Wildman–Crippen LogP) is 3.01. The molecule has 0 aromatic rings. The molecular weight excluding hydrogens is 188 g/mol. The average molecular weight is 212 g/mol. The summed E-state index contributed by atoms with van der Waals surface area (Å²) in [4.78, 5) is 0. The lowest BCUT2D eigenvalue weighted by Gasteiger charge is -2.41. The lowest BCUT2D eigenvalue weighted by atomic mass is 9.79. The molecule has 1 saturated heterocycles. The van der Waals surface area contributed by atoms with E-state index in [9.17, 15) is 0 Å². The van der Waals surface area contributed by atoms with Crippen molar-refractivity contribution >= 4 is 0 Å². The van der Waals surface area contributed by atoms with Crippen LogP contribution in [-0.2, 0) is 9.47 Å². The SMILES string of the molecule is COC1(CCC2CCC(C)CC2)COC1. The van der Waals surface area contributed by atoms with Gasteiger partial charge in [0.25, 0.3) is 0 Å². The van der Waals surface area contributed by atoms with Crippen LogP contribution in [-0.4, -0.2) is 25.9 Å². The second-order valence-electron chi connectivity index (χ2n) is 5.54. The van der Waals surface area contributed by atoms with E-state index in [2.05, 4.69) is 6.92 Å². The van der Waals surface area contributed by atoms with E-state index in [-0.39, 0.29) is 5.60 Å².